The quantitative estimate of drug-likeness (QED) is 0.908. The van der Waals surface area contributed by atoms with Crippen LogP contribution in [0.15, 0.2) is 0 Å². The Morgan fingerprint density at radius 2 is 2.33 bits per heavy atom. The van der Waals surface area contributed by atoms with Crippen molar-refractivity contribution in [1.82, 2.24) is 14.8 Å². The van der Waals surface area contributed by atoms with Gasteiger partial charge in [0.15, 0.2) is 10.3 Å². The topological polar surface area (TPSA) is 55.2 Å². The van der Waals surface area contributed by atoms with Crippen molar-refractivity contribution in [2.45, 2.75) is 6.04 Å². The molecule has 1 aliphatic rings. The summed E-state index contributed by atoms with van der Waals surface area (Å²) in [6.45, 7) is 4.03. The number of hydrogen-bond acceptors (Lipinski definition) is 6. The van der Waals surface area contributed by atoms with Crippen molar-refractivity contribution in [2.75, 3.05) is 45.6 Å². The fourth-order valence-electron chi connectivity index (χ4n) is 1.97. The van der Waals surface area contributed by atoms with Crippen LogP contribution in [0.1, 0.15) is 4.88 Å². The lowest BCUT2D eigenvalue weighted by atomic mass is 10.2. The molecule has 2 heterocycles. The Morgan fingerprint density at radius 3 is 3.00 bits per heavy atom. The fraction of sp³-hybridized carbons (Fsp3) is 0.636. The first-order valence-electron chi connectivity index (χ1n) is 5.79. The van der Waals surface area contributed by atoms with Crippen molar-refractivity contribution in [1.29, 1.82) is 5.26 Å². The molecule has 0 amide bonds. The van der Waals surface area contributed by atoms with Crippen LogP contribution in [-0.2, 0) is 0 Å². The molecule has 0 saturated carbocycles. The molecule has 1 aliphatic heterocycles. The number of nitrogens with one attached hydrogen (secondary N) is 1. The van der Waals surface area contributed by atoms with E-state index in [-0.39, 0.29) is 0 Å². The summed E-state index contributed by atoms with van der Waals surface area (Å²) >= 11 is 7.14. The summed E-state index contributed by atoms with van der Waals surface area (Å²) in [5.74, 6) is 0. The molecule has 1 aromatic rings. The summed E-state index contributed by atoms with van der Waals surface area (Å²) in [6, 6.07) is 2.49. The normalized spacial score (nSPS) is 21.8. The van der Waals surface area contributed by atoms with Crippen LogP contribution in [0.25, 0.3) is 0 Å². The average molecular weight is 286 g/mol. The van der Waals surface area contributed by atoms with Gasteiger partial charge in [-0.05, 0) is 14.1 Å². The summed E-state index contributed by atoms with van der Waals surface area (Å²) in [5, 5.41) is 13.1. The molecule has 0 spiro atoms. The molecule has 7 heteroatoms. The first-order valence-corrected chi connectivity index (χ1v) is 6.98. The van der Waals surface area contributed by atoms with Crippen LogP contribution in [0.4, 0.5) is 5.13 Å². The van der Waals surface area contributed by atoms with Crippen molar-refractivity contribution >= 4 is 28.1 Å². The highest BCUT2D eigenvalue weighted by molar-refractivity contribution is 7.16. The minimum absolute atomic E-state index is 0.291. The van der Waals surface area contributed by atoms with E-state index in [0.717, 1.165) is 31.3 Å². The third-order valence-electron chi connectivity index (χ3n) is 3.16. The van der Waals surface area contributed by atoms with Gasteiger partial charge in [0.25, 0.3) is 0 Å². The second-order valence-corrected chi connectivity index (χ2v) is 5.89. The number of aromatic nitrogens is 1. The van der Waals surface area contributed by atoms with Gasteiger partial charge >= 0.3 is 0 Å². The number of thiazole rings is 1. The predicted octanol–water partition coefficient (Wildman–Crippen LogP) is 1.33. The number of halogens is 1. The van der Waals surface area contributed by atoms with Crippen LogP contribution in [0.5, 0.6) is 0 Å². The number of nitriles is 1. The molecule has 1 fully saturated rings. The Balaban J connectivity index is 1.92. The van der Waals surface area contributed by atoms with E-state index in [1.807, 2.05) is 6.07 Å². The summed E-state index contributed by atoms with van der Waals surface area (Å²) in [5.41, 5.74) is 0. The van der Waals surface area contributed by atoms with Crippen LogP contribution in [-0.4, -0.2) is 61.1 Å². The zero-order valence-electron chi connectivity index (χ0n) is 10.5. The highest BCUT2D eigenvalue weighted by Crippen LogP contribution is 2.25. The predicted molar refractivity (Wildman–Crippen MR) is 74.2 cm³/mol. The first kappa shape index (κ1) is 13.6. The molecule has 0 radical (unpaired) electrons. The van der Waals surface area contributed by atoms with Crippen LogP contribution >= 0.6 is 22.9 Å². The fourth-order valence-corrected chi connectivity index (χ4v) is 2.93. The summed E-state index contributed by atoms with van der Waals surface area (Å²) < 4.78 is 0. The Morgan fingerprint density at radius 1 is 1.56 bits per heavy atom. The molecular formula is C11H16ClN5S. The third-order valence-corrected chi connectivity index (χ3v) is 4.46. The van der Waals surface area contributed by atoms with Gasteiger partial charge in [0.05, 0.1) is 0 Å². The number of anilines is 1. The summed E-state index contributed by atoms with van der Waals surface area (Å²) in [4.78, 5) is 9.26. The minimum atomic E-state index is 0.291. The maximum absolute atomic E-state index is 8.82. The molecule has 0 aliphatic carbocycles. The molecule has 2 rings (SSSR count). The second-order valence-electron chi connectivity index (χ2n) is 4.53. The Hall–Kier alpha value is -0.870. The number of nitrogens with zero attached hydrogens (tertiary/aromatic N) is 4. The van der Waals surface area contributed by atoms with Crippen LogP contribution in [0.3, 0.4) is 0 Å². The highest BCUT2D eigenvalue weighted by Gasteiger charge is 2.22. The van der Waals surface area contributed by atoms with Crippen LogP contribution < -0.4 is 5.32 Å². The van der Waals surface area contributed by atoms with Crippen molar-refractivity contribution in [2.24, 2.45) is 0 Å². The van der Waals surface area contributed by atoms with E-state index < -0.39 is 0 Å². The molecule has 1 atom stereocenters. The maximum atomic E-state index is 8.82. The van der Waals surface area contributed by atoms with Gasteiger partial charge in [-0.25, -0.2) is 4.98 Å². The number of piperazine rings is 1. The lowest BCUT2D eigenvalue weighted by Crippen LogP contribution is -2.52. The SMILES string of the molecule is CN1CCN(C)C(CNc2nc(Cl)c(C#N)s2)C1. The largest absolute Gasteiger partial charge is 0.360 e. The summed E-state index contributed by atoms with van der Waals surface area (Å²) in [6.07, 6.45) is 0. The van der Waals surface area contributed by atoms with E-state index in [4.69, 9.17) is 16.9 Å². The third kappa shape index (κ3) is 3.12. The zero-order chi connectivity index (χ0) is 13.1. The van der Waals surface area contributed by atoms with E-state index >= 15 is 0 Å². The number of hydrogen-bond donors (Lipinski definition) is 1. The number of rotatable bonds is 3. The maximum Gasteiger partial charge on any atom is 0.185 e. The van der Waals surface area contributed by atoms with Gasteiger partial charge in [0, 0.05) is 32.2 Å². The molecular weight excluding hydrogens is 270 g/mol. The van der Waals surface area contributed by atoms with E-state index in [1.54, 1.807) is 0 Å². The van der Waals surface area contributed by atoms with E-state index in [2.05, 4.69) is 34.2 Å². The monoisotopic (exact) mass is 285 g/mol. The Kier molecular flexibility index (Phi) is 4.40. The molecule has 0 aromatic carbocycles. The average Bonchev–Trinajstić information content (AvgIpc) is 2.71. The Bertz CT molecular complexity index is 455. The standard InChI is InChI=1S/C11H16ClN5S/c1-16-3-4-17(2)8(7-16)6-14-11-15-10(12)9(5-13)18-11/h8H,3-4,6-7H2,1-2H3,(H,14,15). The highest BCUT2D eigenvalue weighted by atomic mass is 35.5. The second kappa shape index (κ2) is 5.85. The molecule has 1 saturated heterocycles. The molecule has 98 valence electrons. The van der Waals surface area contributed by atoms with Gasteiger partial charge in [-0.2, -0.15) is 5.26 Å². The van der Waals surface area contributed by atoms with E-state index in [1.165, 1.54) is 11.3 Å². The molecule has 1 unspecified atom stereocenters. The minimum Gasteiger partial charge on any atom is -0.360 e. The smallest absolute Gasteiger partial charge is 0.185 e. The summed E-state index contributed by atoms with van der Waals surface area (Å²) in [7, 11) is 4.27. The van der Waals surface area contributed by atoms with E-state index in [9.17, 15) is 0 Å². The van der Waals surface area contributed by atoms with Gasteiger partial charge in [0.1, 0.15) is 10.9 Å². The van der Waals surface area contributed by atoms with Crippen molar-refractivity contribution < 1.29 is 0 Å². The molecule has 1 aromatic heterocycles. The van der Waals surface area contributed by atoms with Crippen molar-refractivity contribution in [3.8, 4) is 6.07 Å². The van der Waals surface area contributed by atoms with E-state index in [0.29, 0.717) is 16.1 Å². The van der Waals surface area contributed by atoms with Gasteiger partial charge in [-0.3, -0.25) is 4.90 Å². The van der Waals surface area contributed by atoms with Gasteiger partial charge in [-0.15, -0.1) is 0 Å². The van der Waals surface area contributed by atoms with Crippen molar-refractivity contribution in [3.05, 3.63) is 10.0 Å². The van der Waals surface area contributed by atoms with Gasteiger partial charge in [0.2, 0.25) is 0 Å². The van der Waals surface area contributed by atoms with Crippen LogP contribution in [0, 0.1) is 11.3 Å². The van der Waals surface area contributed by atoms with Crippen molar-refractivity contribution in [3.63, 3.8) is 0 Å². The van der Waals surface area contributed by atoms with Crippen LogP contribution in [0.2, 0.25) is 5.15 Å². The lowest BCUT2D eigenvalue weighted by Gasteiger charge is -2.37. The molecule has 0 bridgehead atoms. The zero-order valence-corrected chi connectivity index (χ0v) is 12.1. The number of likely N-dealkylation sites (N-methyl/N-ethyl adjacent to an activating group) is 2. The molecule has 18 heavy (non-hydrogen) atoms. The lowest BCUT2D eigenvalue weighted by molar-refractivity contribution is 0.122. The molecule has 1 N–H and O–H groups in total. The van der Waals surface area contributed by atoms with Gasteiger partial charge < -0.3 is 10.2 Å². The van der Waals surface area contributed by atoms with Gasteiger partial charge in [-0.1, -0.05) is 22.9 Å². The Labute approximate surface area is 116 Å². The molecule has 5 nitrogen and oxygen atoms in total. The first-order chi connectivity index (χ1) is 8.60.